The minimum absolute atomic E-state index is 0.848. The number of nitrogens with zero attached hydrogens (tertiary/aromatic N) is 4. The van der Waals surface area contributed by atoms with Gasteiger partial charge in [-0.1, -0.05) is 0 Å². The van der Waals surface area contributed by atoms with Crippen LogP contribution in [0.1, 0.15) is 0 Å². The number of benzene rings is 1. The number of hydrogen-bond acceptors (Lipinski definition) is 4. The molecular formula is C10H6N4. The number of rotatable bonds is 0. The van der Waals surface area contributed by atoms with Gasteiger partial charge in [-0.3, -0.25) is 19.9 Å². The van der Waals surface area contributed by atoms with E-state index in [1.165, 1.54) is 0 Å². The van der Waals surface area contributed by atoms with Gasteiger partial charge in [0.2, 0.25) is 0 Å². The van der Waals surface area contributed by atoms with E-state index in [1.807, 2.05) is 12.1 Å². The lowest BCUT2D eigenvalue weighted by molar-refractivity contribution is 1.27. The molecule has 4 nitrogen and oxygen atoms in total. The molecule has 2 aromatic heterocycles. The lowest BCUT2D eigenvalue weighted by Gasteiger charge is -1.97. The molecular weight excluding hydrogens is 176 g/mol. The topological polar surface area (TPSA) is 51.6 Å². The molecule has 0 amide bonds. The van der Waals surface area contributed by atoms with E-state index in [1.54, 1.807) is 24.8 Å². The zero-order valence-corrected chi connectivity index (χ0v) is 7.25. The largest absolute Gasteiger partial charge is 0.253 e. The summed E-state index contributed by atoms with van der Waals surface area (Å²) in [4.78, 5) is 16.8. The summed E-state index contributed by atoms with van der Waals surface area (Å²) in [6.07, 6.45) is 6.68. The predicted octanol–water partition coefficient (Wildman–Crippen LogP) is 1.57. The molecule has 14 heavy (non-hydrogen) atoms. The fourth-order valence-electron chi connectivity index (χ4n) is 1.42. The normalized spacial score (nSPS) is 10.9. The lowest BCUT2D eigenvalue weighted by Crippen LogP contribution is -1.86. The van der Waals surface area contributed by atoms with Crippen LogP contribution in [0.25, 0.3) is 22.1 Å². The van der Waals surface area contributed by atoms with Crippen LogP contribution in [0.3, 0.4) is 0 Å². The first-order chi connectivity index (χ1) is 6.93. The van der Waals surface area contributed by atoms with E-state index in [2.05, 4.69) is 19.9 Å². The van der Waals surface area contributed by atoms with Gasteiger partial charge in [0.15, 0.2) is 0 Å². The van der Waals surface area contributed by atoms with Crippen molar-refractivity contribution in [2.45, 2.75) is 0 Å². The lowest BCUT2D eigenvalue weighted by atomic mass is 10.2. The average molecular weight is 182 g/mol. The molecule has 4 heteroatoms. The van der Waals surface area contributed by atoms with Crippen LogP contribution in [0.5, 0.6) is 0 Å². The van der Waals surface area contributed by atoms with E-state index in [-0.39, 0.29) is 0 Å². The second kappa shape index (κ2) is 2.70. The molecule has 0 radical (unpaired) electrons. The van der Waals surface area contributed by atoms with Crippen LogP contribution in [-0.4, -0.2) is 19.9 Å². The maximum Gasteiger partial charge on any atom is 0.0909 e. The third kappa shape index (κ3) is 1.01. The fourth-order valence-corrected chi connectivity index (χ4v) is 1.42. The Bertz CT molecular complexity index is 501. The highest BCUT2D eigenvalue weighted by atomic mass is 14.8. The first kappa shape index (κ1) is 7.32. The second-order valence-corrected chi connectivity index (χ2v) is 2.94. The van der Waals surface area contributed by atoms with Crippen molar-refractivity contribution < 1.29 is 0 Å². The first-order valence-electron chi connectivity index (χ1n) is 4.25. The highest BCUT2D eigenvalue weighted by Gasteiger charge is 1.99. The van der Waals surface area contributed by atoms with Crippen LogP contribution < -0.4 is 0 Å². The summed E-state index contributed by atoms with van der Waals surface area (Å²) < 4.78 is 0. The first-order valence-corrected chi connectivity index (χ1v) is 4.25. The van der Waals surface area contributed by atoms with Crippen molar-refractivity contribution >= 4 is 22.1 Å². The molecule has 0 saturated carbocycles. The van der Waals surface area contributed by atoms with Gasteiger partial charge in [-0.2, -0.15) is 0 Å². The summed E-state index contributed by atoms with van der Waals surface area (Å²) in [7, 11) is 0. The Morgan fingerprint density at radius 3 is 1.07 bits per heavy atom. The molecule has 0 bridgehead atoms. The summed E-state index contributed by atoms with van der Waals surface area (Å²) in [5.41, 5.74) is 3.39. The van der Waals surface area contributed by atoms with Crippen molar-refractivity contribution in [1.82, 2.24) is 19.9 Å². The Morgan fingerprint density at radius 2 is 0.786 bits per heavy atom. The van der Waals surface area contributed by atoms with E-state index >= 15 is 0 Å². The molecule has 3 aromatic rings. The highest BCUT2D eigenvalue weighted by molar-refractivity contribution is 5.90. The Hall–Kier alpha value is -2.10. The van der Waals surface area contributed by atoms with Gasteiger partial charge in [0.05, 0.1) is 22.1 Å². The van der Waals surface area contributed by atoms with Crippen molar-refractivity contribution in [3.05, 3.63) is 36.9 Å². The van der Waals surface area contributed by atoms with Gasteiger partial charge < -0.3 is 0 Å². The van der Waals surface area contributed by atoms with Gasteiger partial charge in [-0.25, -0.2) is 0 Å². The zero-order valence-electron chi connectivity index (χ0n) is 7.25. The molecule has 0 aliphatic carbocycles. The molecule has 2 heterocycles. The summed E-state index contributed by atoms with van der Waals surface area (Å²) in [5, 5.41) is 0. The molecule has 0 unspecified atom stereocenters. The van der Waals surface area contributed by atoms with Crippen LogP contribution in [0, 0.1) is 0 Å². The van der Waals surface area contributed by atoms with Crippen molar-refractivity contribution in [2.75, 3.05) is 0 Å². The van der Waals surface area contributed by atoms with Gasteiger partial charge in [-0.15, -0.1) is 0 Å². The van der Waals surface area contributed by atoms with Crippen molar-refractivity contribution in [3.63, 3.8) is 0 Å². The van der Waals surface area contributed by atoms with Crippen LogP contribution in [0.2, 0.25) is 0 Å². The summed E-state index contributed by atoms with van der Waals surface area (Å²) in [6.45, 7) is 0. The Morgan fingerprint density at radius 1 is 0.500 bits per heavy atom. The molecule has 0 fully saturated rings. The van der Waals surface area contributed by atoms with Crippen molar-refractivity contribution in [3.8, 4) is 0 Å². The third-order valence-corrected chi connectivity index (χ3v) is 2.06. The van der Waals surface area contributed by atoms with Crippen LogP contribution in [-0.2, 0) is 0 Å². The molecule has 0 N–H and O–H groups in total. The quantitative estimate of drug-likeness (QED) is 0.495. The van der Waals surface area contributed by atoms with Crippen LogP contribution >= 0.6 is 0 Å². The molecule has 0 atom stereocenters. The Kier molecular flexibility index (Phi) is 1.41. The van der Waals surface area contributed by atoms with E-state index in [4.69, 9.17) is 0 Å². The van der Waals surface area contributed by atoms with Gasteiger partial charge in [0.25, 0.3) is 0 Å². The summed E-state index contributed by atoms with van der Waals surface area (Å²) in [5.74, 6) is 0. The summed E-state index contributed by atoms with van der Waals surface area (Å²) in [6, 6.07) is 3.79. The Labute approximate surface area is 79.7 Å². The Balaban J connectivity index is 2.52. The molecule has 0 spiro atoms. The molecule has 0 saturated heterocycles. The van der Waals surface area contributed by atoms with E-state index in [0.29, 0.717) is 0 Å². The van der Waals surface area contributed by atoms with Gasteiger partial charge in [-0.05, 0) is 12.1 Å². The average Bonchev–Trinajstić information content (AvgIpc) is 2.26. The molecule has 3 rings (SSSR count). The molecule has 66 valence electrons. The third-order valence-electron chi connectivity index (χ3n) is 2.06. The minimum Gasteiger partial charge on any atom is -0.253 e. The standard InChI is InChI=1S/C10H6N4/c1-2-12-8-6-10-9(5-7(8)11-1)13-3-4-14-10/h1-6H. The molecule has 0 aliphatic rings. The molecule has 1 aromatic carbocycles. The smallest absolute Gasteiger partial charge is 0.0909 e. The SMILES string of the molecule is c1cnc2cc3nccnc3cc2n1. The minimum atomic E-state index is 0.848. The summed E-state index contributed by atoms with van der Waals surface area (Å²) >= 11 is 0. The van der Waals surface area contributed by atoms with Gasteiger partial charge >= 0.3 is 0 Å². The van der Waals surface area contributed by atoms with Crippen molar-refractivity contribution in [2.24, 2.45) is 0 Å². The maximum absolute atomic E-state index is 4.20. The highest BCUT2D eigenvalue weighted by Crippen LogP contribution is 2.15. The number of hydrogen-bond donors (Lipinski definition) is 0. The van der Waals surface area contributed by atoms with Crippen LogP contribution in [0.15, 0.2) is 36.9 Å². The maximum atomic E-state index is 4.20. The predicted molar refractivity (Wildman–Crippen MR) is 52.6 cm³/mol. The molecule has 0 aliphatic heterocycles. The van der Waals surface area contributed by atoms with Gasteiger partial charge in [0.1, 0.15) is 0 Å². The number of fused-ring (bicyclic) bond motifs is 2. The second-order valence-electron chi connectivity index (χ2n) is 2.94. The zero-order chi connectivity index (χ0) is 9.38. The van der Waals surface area contributed by atoms with Gasteiger partial charge in [0, 0.05) is 24.8 Å². The van der Waals surface area contributed by atoms with E-state index in [9.17, 15) is 0 Å². The van der Waals surface area contributed by atoms with Crippen molar-refractivity contribution in [1.29, 1.82) is 0 Å². The van der Waals surface area contributed by atoms with Crippen LogP contribution in [0.4, 0.5) is 0 Å². The fraction of sp³-hybridized carbons (Fsp3) is 0. The monoisotopic (exact) mass is 182 g/mol. The van der Waals surface area contributed by atoms with E-state index < -0.39 is 0 Å². The number of aromatic nitrogens is 4. The van der Waals surface area contributed by atoms with E-state index in [0.717, 1.165) is 22.1 Å².